The van der Waals surface area contributed by atoms with E-state index >= 15 is 0 Å². The molecule has 0 aliphatic rings. The average molecular weight is 365 g/mol. The summed E-state index contributed by atoms with van der Waals surface area (Å²) in [4.78, 5) is 0. The van der Waals surface area contributed by atoms with Crippen LogP contribution in [0.3, 0.4) is 0 Å². The van der Waals surface area contributed by atoms with Crippen LogP contribution in [-0.2, 0) is 17.1 Å². The summed E-state index contributed by atoms with van der Waals surface area (Å²) in [5, 5.41) is 0. The molecule has 0 saturated heterocycles. The van der Waals surface area contributed by atoms with E-state index in [4.69, 9.17) is 0 Å². The van der Waals surface area contributed by atoms with Crippen LogP contribution in [0.2, 0.25) is 0 Å². The summed E-state index contributed by atoms with van der Waals surface area (Å²) in [6.07, 6.45) is 0. The molecule has 0 spiro atoms. The minimum atomic E-state index is 0. The molecule has 0 aromatic rings. The van der Waals surface area contributed by atoms with E-state index in [-0.39, 0.29) is 97.1 Å². The van der Waals surface area contributed by atoms with Crippen molar-refractivity contribution < 1.29 is 17.1 Å². The Hall–Kier alpha value is 3.08. The van der Waals surface area contributed by atoms with E-state index in [0.29, 0.717) is 0 Å². The maximum absolute atomic E-state index is 0. The second-order valence-corrected chi connectivity index (χ2v) is 0. The van der Waals surface area contributed by atoms with Crippen LogP contribution >= 0.6 is 0 Å². The Kier molecular flexibility index (Phi) is 236. The molecular weight excluding hydrogens is 354 g/mol. The fourth-order valence-corrected chi connectivity index (χ4v) is 0. The van der Waals surface area contributed by atoms with Crippen molar-refractivity contribution in [3.63, 3.8) is 0 Å². The van der Waals surface area contributed by atoms with Crippen LogP contribution in [0.5, 0.6) is 0 Å². The number of hydrogen-bond acceptors (Lipinski definition) is 0. The molecule has 0 nitrogen and oxygen atoms in total. The number of hydrogen-bond donors (Lipinski definition) is 0. The van der Waals surface area contributed by atoms with Crippen molar-refractivity contribution in [2.24, 2.45) is 0 Å². The van der Waals surface area contributed by atoms with E-state index in [2.05, 4.69) is 0 Å². The predicted molar refractivity (Wildman–Crippen MR) is 38.4 cm³/mol. The van der Waals surface area contributed by atoms with Crippen LogP contribution in [0.25, 0.3) is 0 Å². The average Bonchev–Trinajstić information content (AvgIpc) is 0. The van der Waals surface area contributed by atoms with Crippen molar-refractivity contribution in [2.75, 3.05) is 0 Å². The molecular formula is H11AlCuGaInSe. The van der Waals surface area contributed by atoms with Crippen LogP contribution in [-0.4, -0.2) is 80.1 Å². The van der Waals surface area contributed by atoms with Crippen LogP contribution in [0.4, 0.5) is 0 Å². The standard InChI is InChI=1S/Al.Cu.Ga.In.H2Se.9H/h;;;;1H2;;;;;;;;;. The molecule has 37 valence electrons. The first-order valence-corrected chi connectivity index (χ1v) is 0. The first-order chi connectivity index (χ1) is 0. The van der Waals surface area contributed by atoms with Gasteiger partial charge in [-0.3, -0.25) is 0 Å². The van der Waals surface area contributed by atoms with Crippen molar-refractivity contribution in [1.82, 2.24) is 0 Å². The normalized spacial score (nSPS) is 0. The summed E-state index contributed by atoms with van der Waals surface area (Å²) in [6, 6.07) is 0. The van der Waals surface area contributed by atoms with E-state index in [9.17, 15) is 0 Å². The summed E-state index contributed by atoms with van der Waals surface area (Å²) >= 11 is 0. The third-order valence-electron chi connectivity index (χ3n) is 0. The summed E-state index contributed by atoms with van der Waals surface area (Å²) < 4.78 is 0. The Labute approximate surface area is 95.5 Å². The van der Waals surface area contributed by atoms with Gasteiger partial charge in [-0.2, -0.15) is 0 Å². The van der Waals surface area contributed by atoms with Gasteiger partial charge in [-0.1, -0.05) is 0 Å². The van der Waals surface area contributed by atoms with Crippen LogP contribution in [0.1, 0.15) is 0 Å². The zero-order valence-corrected chi connectivity index (χ0v) is 3.84. The van der Waals surface area contributed by atoms with Gasteiger partial charge in [0.1, 0.15) is 0 Å². The van der Waals surface area contributed by atoms with Gasteiger partial charge in [-0.15, -0.1) is 0 Å². The molecule has 1 radical (unpaired) electrons. The van der Waals surface area contributed by atoms with E-state index in [1.807, 2.05) is 0 Å². The SMILES string of the molecule is [AlH3].[Cu].[GaH3].[InH3].[SeH2]. The van der Waals surface area contributed by atoms with Gasteiger partial charge in [-0.05, 0) is 0 Å². The molecule has 0 aromatic carbocycles. The molecule has 0 amide bonds. The van der Waals surface area contributed by atoms with Gasteiger partial charge in [0.05, 0.1) is 0 Å². The van der Waals surface area contributed by atoms with Crippen LogP contribution in [0.15, 0.2) is 0 Å². The van der Waals surface area contributed by atoms with E-state index in [1.165, 1.54) is 0 Å². The Morgan fingerprint density at radius 1 is 1.00 bits per heavy atom. The van der Waals surface area contributed by atoms with E-state index < -0.39 is 0 Å². The quantitative estimate of drug-likeness (QED) is 0.380. The summed E-state index contributed by atoms with van der Waals surface area (Å²) in [7, 11) is 0. The molecule has 0 aliphatic heterocycles. The Morgan fingerprint density at radius 2 is 1.00 bits per heavy atom. The second kappa shape index (κ2) is 27.6. The van der Waals surface area contributed by atoms with Crippen molar-refractivity contribution >= 4 is 80.1 Å². The monoisotopic (exact) mass is 365 g/mol. The molecule has 0 aromatic heterocycles. The van der Waals surface area contributed by atoms with E-state index in [0.717, 1.165) is 0 Å². The molecule has 0 saturated carbocycles. The zero-order valence-electron chi connectivity index (χ0n) is 0.802. The van der Waals surface area contributed by atoms with Crippen molar-refractivity contribution in [2.45, 2.75) is 0 Å². The van der Waals surface area contributed by atoms with Gasteiger partial charge in [0.2, 0.25) is 0 Å². The van der Waals surface area contributed by atoms with Crippen molar-refractivity contribution in [1.29, 1.82) is 0 Å². The van der Waals surface area contributed by atoms with Gasteiger partial charge in [0.15, 0.2) is 17.4 Å². The molecule has 0 aliphatic carbocycles. The molecule has 0 atom stereocenters. The molecule has 5 heavy (non-hydrogen) atoms. The minimum absolute atomic E-state index is 0. The molecule has 0 bridgehead atoms. The Morgan fingerprint density at radius 3 is 1.00 bits per heavy atom. The third-order valence-corrected chi connectivity index (χ3v) is 0. The van der Waals surface area contributed by atoms with Crippen LogP contribution in [0, 0.1) is 0 Å². The Balaban J connectivity index is 0. The zero-order chi connectivity index (χ0) is 0. The molecule has 0 N–H and O–H groups in total. The molecule has 0 unspecified atom stereocenters. The fraction of sp³-hybridized carbons (Fsp3) is 0. The van der Waals surface area contributed by atoms with Gasteiger partial charge < -0.3 is 0 Å². The molecule has 0 heterocycles. The topological polar surface area (TPSA) is 0 Å². The third kappa shape index (κ3) is 19.3. The Bertz CT molecular complexity index is 11.6. The second-order valence-electron chi connectivity index (χ2n) is 0. The summed E-state index contributed by atoms with van der Waals surface area (Å²) in [6.45, 7) is 0. The first kappa shape index (κ1) is 42.7. The van der Waals surface area contributed by atoms with E-state index in [1.54, 1.807) is 0 Å². The summed E-state index contributed by atoms with van der Waals surface area (Å²) in [5.74, 6) is 0. The maximum atomic E-state index is 0. The van der Waals surface area contributed by atoms with Crippen molar-refractivity contribution in [3.8, 4) is 0 Å². The predicted octanol–water partition coefficient (Wildman–Crippen LogP) is -4.47. The van der Waals surface area contributed by atoms with Crippen LogP contribution < -0.4 is 0 Å². The van der Waals surface area contributed by atoms with Gasteiger partial charge >= 0.3 is 62.7 Å². The first-order valence-electron chi connectivity index (χ1n) is 0. The van der Waals surface area contributed by atoms with Gasteiger partial charge in [0.25, 0.3) is 0 Å². The molecule has 5 heteroatoms. The van der Waals surface area contributed by atoms with Gasteiger partial charge in [0, 0.05) is 17.1 Å². The van der Waals surface area contributed by atoms with Crippen molar-refractivity contribution in [3.05, 3.63) is 0 Å². The molecule has 0 rings (SSSR count). The van der Waals surface area contributed by atoms with Gasteiger partial charge in [-0.25, -0.2) is 0 Å². The summed E-state index contributed by atoms with van der Waals surface area (Å²) in [5.41, 5.74) is 0. The number of rotatable bonds is 0. The fourth-order valence-electron chi connectivity index (χ4n) is 0. The molecule has 0 fully saturated rings.